The van der Waals surface area contributed by atoms with Crippen molar-refractivity contribution in [2.24, 2.45) is 5.92 Å². The third kappa shape index (κ3) is 3.46. The van der Waals surface area contributed by atoms with Gasteiger partial charge >= 0.3 is 5.91 Å². The van der Waals surface area contributed by atoms with Crippen molar-refractivity contribution >= 4 is 34.2 Å². The fourth-order valence-corrected chi connectivity index (χ4v) is 4.73. The zero-order valence-corrected chi connectivity index (χ0v) is 18.4. The Balaban J connectivity index is 1.73. The molecule has 0 aliphatic carbocycles. The average Bonchev–Trinajstić information content (AvgIpc) is 3.07. The van der Waals surface area contributed by atoms with Crippen LogP contribution in [0, 0.1) is 5.92 Å². The summed E-state index contributed by atoms with van der Waals surface area (Å²) in [5, 5.41) is 16.7. The van der Waals surface area contributed by atoms with Crippen LogP contribution >= 0.6 is 0 Å². The van der Waals surface area contributed by atoms with E-state index < -0.39 is 29.4 Å². The monoisotopic (exact) mass is 430 g/mol. The highest BCUT2D eigenvalue weighted by molar-refractivity contribution is 6.05. The number of aliphatic carboxylic acids is 1. The number of carboxylic acid groups (broad SMARTS) is 1. The molecule has 3 atom stereocenters. The van der Waals surface area contributed by atoms with E-state index in [1.54, 1.807) is 12.1 Å². The highest BCUT2D eigenvalue weighted by Gasteiger charge is 2.61. The van der Waals surface area contributed by atoms with Crippen LogP contribution in [-0.4, -0.2) is 35.9 Å². The van der Waals surface area contributed by atoms with Crippen LogP contribution in [0.5, 0.6) is 0 Å². The molecule has 1 aliphatic rings. The number of likely N-dealkylation sites (tertiary alicyclic amines) is 1. The molecule has 2 amide bonds. The molecule has 1 unspecified atom stereocenters. The lowest BCUT2D eigenvalue weighted by Crippen LogP contribution is -2.64. The van der Waals surface area contributed by atoms with Crippen LogP contribution in [0.1, 0.15) is 31.1 Å². The number of rotatable bonds is 4. The van der Waals surface area contributed by atoms with E-state index in [1.165, 1.54) is 0 Å². The Morgan fingerprint density at radius 1 is 0.938 bits per heavy atom. The summed E-state index contributed by atoms with van der Waals surface area (Å²) in [5.74, 6) is -3.33. The van der Waals surface area contributed by atoms with Crippen molar-refractivity contribution in [2.45, 2.75) is 32.4 Å². The van der Waals surface area contributed by atoms with Crippen molar-refractivity contribution in [3.63, 3.8) is 0 Å². The van der Waals surface area contributed by atoms with Gasteiger partial charge in [-0.15, -0.1) is 0 Å². The van der Waals surface area contributed by atoms with Gasteiger partial charge in [-0.05, 0) is 55.8 Å². The first kappa shape index (κ1) is 21.7. The van der Waals surface area contributed by atoms with Gasteiger partial charge in [0.25, 0.3) is 5.91 Å². The standard InChI is InChI=1S/C26H26N2O4/c1-26(2,3)28(20-11-5-4-6-12-20)16-21(25(31)32)22(24(28)30)27-23(29)19-14-13-17-9-7-8-10-18(17)15-19/h4-15,21-22H,16H2,1-3H3,(H-,27,29,31,32)/t21-,22-,28?/m0/s1. The Kier molecular flexibility index (Phi) is 5.34. The molecular weight excluding hydrogens is 404 g/mol. The minimum absolute atomic E-state index is 0.0113. The van der Waals surface area contributed by atoms with Gasteiger partial charge in [0.05, 0.1) is 11.9 Å². The normalized spacial score (nSPS) is 23.3. The molecule has 164 valence electrons. The molecule has 0 radical (unpaired) electrons. The van der Waals surface area contributed by atoms with Gasteiger partial charge in [0.1, 0.15) is 17.8 Å². The SMILES string of the molecule is CC(C)(C)[N+]1(c2ccccc2)C[C@H](C(=O)[O-])[C@H](NC(=O)c2ccc3ccccc3c2)C1=O. The number of fused-ring (bicyclic) bond motifs is 1. The predicted molar refractivity (Wildman–Crippen MR) is 122 cm³/mol. The number of nitrogens with one attached hydrogen (secondary N) is 1. The maximum absolute atomic E-state index is 13.8. The molecule has 3 aromatic carbocycles. The van der Waals surface area contributed by atoms with Crippen molar-refractivity contribution in [1.29, 1.82) is 0 Å². The van der Waals surface area contributed by atoms with E-state index in [1.807, 2.05) is 81.4 Å². The lowest BCUT2D eigenvalue weighted by atomic mass is 9.99. The maximum Gasteiger partial charge on any atom is 0.342 e. The topological polar surface area (TPSA) is 86.3 Å². The van der Waals surface area contributed by atoms with E-state index in [9.17, 15) is 19.5 Å². The molecule has 1 heterocycles. The minimum atomic E-state index is -1.35. The second kappa shape index (κ2) is 7.88. The summed E-state index contributed by atoms with van der Waals surface area (Å²) in [6, 6.07) is 20.8. The van der Waals surface area contributed by atoms with Crippen LogP contribution in [0.15, 0.2) is 72.8 Å². The average molecular weight is 431 g/mol. The van der Waals surface area contributed by atoms with Gasteiger partial charge < -0.3 is 15.2 Å². The Morgan fingerprint density at radius 3 is 2.19 bits per heavy atom. The highest BCUT2D eigenvalue weighted by Crippen LogP contribution is 2.41. The zero-order valence-electron chi connectivity index (χ0n) is 18.4. The lowest BCUT2D eigenvalue weighted by molar-refractivity contribution is -0.311. The summed E-state index contributed by atoms with van der Waals surface area (Å²) < 4.78 is -0.185. The fourth-order valence-electron chi connectivity index (χ4n) is 4.73. The molecule has 0 aromatic heterocycles. The number of para-hydroxylation sites is 1. The van der Waals surface area contributed by atoms with Crippen LogP contribution in [0.4, 0.5) is 5.69 Å². The van der Waals surface area contributed by atoms with Crippen molar-refractivity contribution in [3.8, 4) is 0 Å². The molecule has 1 aliphatic heterocycles. The van der Waals surface area contributed by atoms with E-state index in [0.29, 0.717) is 11.3 Å². The van der Waals surface area contributed by atoms with Gasteiger partial charge in [-0.1, -0.05) is 48.5 Å². The van der Waals surface area contributed by atoms with Gasteiger partial charge in [-0.3, -0.25) is 4.79 Å². The summed E-state index contributed by atoms with van der Waals surface area (Å²) in [6.07, 6.45) is 0. The van der Waals surface area contributed by atoms with Gasteiger partial charge in [0.15, 0.2) is 6.04 Å². The first-order valence-corrected chi connectivity index (χ1v) is 10.6. The molecule has 4 rings (SSSR count). The summed E-state index contributed by atoms with van der Waals surface area (Å²) in [6.45, 7) is 5.71. The molecule has 6 nitrogen and oxygen atoms in total. The van der Waals surface area contributed by atoms with Crippen molar-refractivity contribution < 1.29 is 19.5 Å². The molecule has 1 saturated heterocycles. The number of carboxylic acids is 1. The van der Waals surface area contributed by atoms with Gasteiger partial charge in [0, 0.05) is 5.56 Å². The second-order valence-electron chi connectivity index (χ2n) is 9.28. The summed E-state index contributed by atoms with van der Waals surface area (Å²) >= 11 is 0. The van der Waals surface area contributed by atoms with E-state index in [0.717, 1.165) is 10.8 Å². The van der Waals surface area contributed by atoms with Crippen molar-refractivity contribution in [1.82, 2.24) is 9.80 Å². The van der Waals surface area contributed by atoms with Gasteiger partial charge in [0.2, 0.25) is 0 Å². The number of hydrogen-bond acceptors (Lipinski definition) is 4. The van der Waals surface area contributed by atoms with Crippen LogP contribution in [0.25, 0.3) is 10.8 Å². The molecule has 0 bridgehead atoms. The summed E-state index contributed by atoms with van der Waals surface area (Å²) in [7, 11) is 0. The molecule has 32 heavy (non-hydrogen) atoms. The number of benzene rings is 3. The van der Waals surface area contributed by atoms with Crippen molar-refractivity contribution in [3.05, 3.63) is 78.4 Å². The van der Waals surface area contributed by atoms with Crippen LogP contribution in [0.3, 0.4) is 0 Å². The smallest absolute Gasteiger partial charge is 0.342 e. The number of nitrogens with zero attached hydrogens (tertiary/aromatic N) is 1. The second-order valence-corrected chi connectivity index (χ2v) is 9.28. The summed E-state index contributed by atoms with van der Waals surface area (Å²) in [4.78, 5) is 39.0. The van der Waals surface area contributed by atoms with Gasteiger partial charge in [-0.25, -0.2) is 9.28 Å². The van der Waals surface area contributed by atoms with Crippen LogP contribution < -0.4 is 14.9 Å². The number of amides is 2. The largest absolute Gasteiger partial charge is 0.550 e. The molecule has 1 fully saturated rings. The Morgan fingerprint density at radius 2 is 1.56 bits per heavy atom. The third-order valence-electron chi connectivity index (χ3n) is 6.46. The van der Waals surface area contributed by atoms with Crippen LogP contribution in [0.2, 0.25) is 0 Å². The number of hydrogen-bond donors (Lipinski definition) is 1. The molecule has 6 heteroatoms. The maximum atomic E-state index is 13.8. The predicted octanol–water partition coefficient (Wildman–Crippen LogP) is 2.65. The van der Waals surface area contributed by atoms with Crippen molar-refractivity contribution in [2.75, 3.05) is 6.54 Å². The Hall–Kier alpha value is -3.51. The molecule has 0 saturated carbocycles. The lowest BCUT2D eigenvalue weighted by Gasteiger charge is -2.43. The van der Waals surface area contributed by atoms with E-state index >= 15 is 0 Å². The van der Waals surface area contributed by atoms with E-state index in [2.05, 4.69) is 5.32 Å². The Labute approximate surface area is 187 Å². The highest BCUT2D eigenvalue weighted by atomic mass is 16.4. The first-order valence-electron chi connectivity index (χ1n) is 10.6. The van der Waals surface area contributed by atoms with Crippen LogP contribution in [-0.2, 0) is 9.59 Å². The zero-order chi connectivity index (χ0) is 23.1. The molecular formula is C26H26N2O4. The molecule has 0 spiro atoms. The Bertz CT molecular complexity index is 1200. The number of carbonyl (C=O) groups is 3. The fraction of sp³-hybridized carbons (Fsp3) is 0.269. The summed E-state index contributed by atoms with van der Waals surface area (Å²) in [5.41, 5.74) is 0.432. The van der Waals surface area contributed by atoms with E-state index in [-0.39, 0.29) is 16.9 Å². The molecule has 3 aromatic rings. The van der Waals surface area contributed by atoms with Gasteiger partial charge in [-0.2, -0.15) is 0 Å². The quantitative estimate of drug-likeness (QED) is 0.645. The van der Waals surface area contributed by atoms with E-state index in [4.69, 9.17) is 0 Å². The third-order valence-corrected chi connectivity index (χ3v) is 6.46. The first-order chi connectivity index (χ1) is 15.1. The molecule has 1 N–H and O–H groups in total. The number of carbonyl (C=O) groups excluding carboxylic acids is 3. The number of quaternary nitrogens is 1. The minimum Gasteiger partial charge on any atom is -0.550 e.